The number of hydrogen-bond acceptors (Lipinski definition) is 0. The monoisotopic (exact) mass is 766 g/mol. The van der Waals surface area contributed by atoms with Crippen molar-refractivity contribution >= 4 is 48.0 Å². The molecular formula is C39H56HfP2-2. The summed E-state index contributed by atoms with van der Waals surface area (Å²) in [6, 6.07) is 27.3. The van der Waals surface area contributed by atoms with Crippen LogP contribution in [0.25, 0.3) is 21.5 Å². The molecule has 0 amide bonds. The average Bonchev–Trinajstić information content (AvgIpc) is 3.63. The Morgan fingerprint density at radius 3 is 1.24 bits per heavy atom. The molecule has 0 saturated carbocycles. The molecule has 0 unspecified atom stereocenters. The Balaban J connectivity index is 0.000000355. The number of allylic oxidation sites excluding steroid dienone is 3. The second-order valence-corrected chi connectivity index (χ2v) is 15.8. The number of rotatable bonds is 15. The maximum atomic E-state index is 3.46. The number of unbranched alkanes of at least 4 members (excludes halogenated alkanes) is 4. The minimum absolute atomic E-state index is 0. The first kappa shape index (κ1) is 38.9. The molecular weight excluding hydrogens is 709 g/mol. The van der Waals surface area contributed by atoms with Gasteiger partial charge in [-0.25, -0.2) is 0 Å². The fourth-order valence-electron chi connectivity index (χ4n) is 4.91. The molecule has 4 rings (SSSR count). The smallest absolute Gasteiger partial charge is 0 e. The van der Waals surface area contributed by atoms with Crippen LogP contribution in [-0.4, -0.2) is 24.6 Å². The van der Waals surface area contributed by atoms with Crippen LogP contribution in [-0.2, 0) is 25.8 Å². The fraction of sp³-hybridized carbons (Fsp3) is 0.436. The number of benzene rings is 2. The van der Waals surface area contributed by atoms with Crippen LogP contribution in [0.3, 0.4) is 0 Å². The summed E-state index contributed by atoms with van der Waals surface area (Å²) >= 11 is 0. The van der Waals surface area contributed by atoms with Crippen molar-refractivity contribution in [3.05, 3.63) is 97.6 Å². The zero-order chi connectivity index (χ0) is 29.7. The first-order valence-electron chi connectivity index (χ1n) is 16.2. The standard InChI is InChI=1S/2C17H24P.C5H8.Hf/c2*1-3-5-11-18(12-6-4-2)17-13-15-9-7-8-10-16(15)14-17;1-3-5-4-2;/h2*7-10,13-14H,3-6,11-12H2,1-2H3;3-5H,1H2,2H3;/q2*-1;;. The summed E-state index contributed by atoms with van der Waals surface area (Å²) in [6.07, 6.45) is 22.1. The van der Waals surface area contributed by atoms with E-state index < -0.39 is 0 Å². The molecule has 3 heteroatoms. The quantitative estimate of drug-likeness (QED) is 0.0489. The molecule has 4 aromatic carbocycles. The van der Waals surface area contributed by atoms with E-state index in [9.17, 15) is 0 Å². The van der Waals surface area contributed by atoms with Crippen LogP contribution in [0.5, 0.6) is 0 Å². The van der Waals surface area contributed by atoms with Gasteiger partial charge in [0.2, 0.25) is 0 Å². The molecule has 228 valence electrons. The normalized spacial score (nSPS) is 10.9. The number of fused-ring (bicyclic) bond motifs is 2. The average molecular weight is 765 g/mol. The van der Waals surface area contributed by atoms with E-state index in [0.717, 1.165) is 0 Å². The predicted molar refractivity (Wildman–Crippen MR) is 196 cm³/mol. The molecule has 0 heterocycles. The summed E-state index contributed by atoms with van der Waals surface area (Å²) < 4.78 is 0. The van der Waals surface area contributed by atoms with Crippen LogP contribution in [0.2, 0.25) is 0 Å². The van der Waals surface area contributed by atoms with Gasteiger partial charge in [-0.1, -0.05) is 106 Å². The van der Waals surface area contributed by atoms with Crippen LogP contribution < -0.4 is 10.6 Å². The van der Waals surface area contributed by atoms with E-state index in [-0.39, 0.29) is 41.7 Å². The van der Waals surface area contributed by atoms with E-state index in [1.54, 1.807) is 16.7 Å². The van der Waals surface area contributed by atoms with Gasteiger partial charge in [0.05, 0.1) is 0 Å². The maximum absolute atomic E-state index is 3.46. The molecule has 0 N–H and O–H groups in total. The van der Waals surface area contributed by atoms with Gasteiger partial charge in [-0.3, -0.25) is 0 Å². The van der Waals surface area contributed by atoms with E-state index in [0.29, 0.717) is 0 Å². The van der Waals surface area contributed by atoms with Gasteiger partial charge in [0, 0.05) is 25.8 Å². The SMILES string of the molecule is C=CC=CC.CCCCP(CCCC)c1cc2ccccc2[cH-]1.CCCCP(CCCC)c1cc2ccccc2[cH-]1.[Hf]. The third-order valence-corrected chi connectivity index (χ3v) is 12.8. The van der Waals surface area contributed by atoms with Gasteiger partial charge in [-0.05, 0) is 57.3 Å². The van der Waals surface area contributed by atoms with E-state index in [1.807, 2.05) is 19.1 Å². The van der Waals surface area contributed by atoms with E-state index >= 15 is 0 Å². The Morgan fingerprint density at radius 1 is 0.619 bits per heavy atom. The van der Waals surface area contributed by atoms with Crippen LogP contribution in [0, 0.1) is 0 Å². The van der Waals surface area contributed by atoms with Crippen molar-refractivity contribution in [2.75, 3.05) is 24.6 Å². The van der Waals surface area contributed by atoms with Gasteiger partial charge < -0.3 is 0 Å². The van der Waals surface area contributed by atoms with Crippen molar-refractivity contribution in [1.82, 2.24) is 0 Å². The van der Waals surface area contributed by atoms with Crippen molar-refractivity contribution in [2.45, 2.75) is 86.0 Å². The summed E-state index contributed by atoms with van der Waals surface area (Å²) in [6.45, 7) is 14.6. The van der Waals surface area contributed by atoms with Crippen molar-refractivity contribution in [3.8, 4) is 0 Å². The van der Waals surface area contributed by atoms with Crippen molar-refractivity contribution < 1.29 is 25.8 Å². The summed E-state index contributed by atoms with van der Waals surface area (Å²) in [7, 11) is 0.171. The molecule has 0 spiro atoms. The van der Waals surface area contributed by atoms with Crippen LogP contribution >= 0.6 is 15.8 Å². The molecule has 0 radical (unpaired) electrons. The number of hydrogen-bond donors (Lipinski definition) is 0. The Morgan fingerprint density at radius 2 is 0.976 bits per heavy atom. The third kappa shape index (κ3) is 14.1. The minimum Gasteiger partial charge on any atom is -0.161 e. The van der Waals surface area contributed by atoms with Crippen molar-refractivity contribution in [2.24, 2.45) is 0 Å². The second kappa shape index (κ2) is 24.2. The molecule has 0 aliphatic heterocycles. The van der Waals surface area contributed by atoms with Gasteiger partial charge in [0.1, 0.15) is 0 Å². The zero-order valence-corrected chi connectivity index (χ0v) is 32.6. The summed E-state index contributed by atoms with van der Waals surface area (Å²) in [5, 5.41) is 8.96. The van der Waals surface area contributed by atoms with E-state index in [2.05, 4.69) is 107 Å². The summed E-state index contributed by atoms with van der Waals surface area (Å²) in [5.41, 5.74) is 0. The van der Waals surface area contributed by atoms with Crippen LogP contribution in [0.15, 0.2) is 97.6 Å². The van der Waals surface area contributed by atoms with E-state index in [1.165, 1.54) is 97.6 Å². The van der Waals surface area contributed by atoms with Gasteiger partial charge in [-0.15, -0.1) is 80.7 Å². The first-order valence-corrected chi connectivity index (χ1v) is 19.6. The maximum Gasteiger partial charge on any atom is 0 e. The largest absolute Gasteiger partial charge is 0.161 e. The third-order valence-electron chi connectivity index (χ3n) is 7.39. The molecule has 0 aliphatic carbocycles. The Kier molecular flexibility index (Phi) is 22.4. The minimum atomic E-state index is 0. The van der Waals surface area contributed by atoms with Gasteiger partial charge >= 0.3 is 0 Å². The molecule has 0 fully saturated rings. The first-order chi connectivity index (χ1) is 20.1. The fourth-order valence-corrected chi connectivity index (χ4v) is 10.5. The Hall–Kier alpha value is -1.13. The molecule has 0 bridgehead atoms. The van der Waals surface area contributed by atoms with Crippen molar-refractivity contribution in [1.29, 1.82) is 0 Å². The molecule has 0 aliphatic rings. The van der Waals surface area contributed by atoms with Crippen LogP contribution in [0.4, 0.5) is 0 Å². The topological polar surface area (TPSA) is 0 Å². The molecule has 42 heavy (non-hydrogen) atoms. The van der Waals surface area contributed by atoms with Crippen molar-refractivity contribution in [3.63, 3.8) is 0 Å². The van der Waals surface area contributed by atoms with Gasteiger partial charge in [-0.2, -0.15) is 12.1 Å². The van der Waals surface area contributed by atoms with E-state index in [4.69, 9.17) is 0 Å². The Bertz CT molecular complexity index is 1080. The zero-order valence-electron chi connectivity index (χ0n) is 27.2. The predicted octanol–water partition coefficient (Wildman–Crippen LogP) is 12.3. The Labute approximate surface area is 280 Å². The second-order valence-electron chi connectivity index (χ2n) is 10.8. The summed E-state index contributed by atoms with van der Waals surface area (Å²) in [4.78, 5) is 0. The molecule has 0 nitrogen and oxygen atoms in total. The van der Waals surface area contributed by atoms with Crippen LogP contribution in [0.1, 0.15) is 86.0 Å². The van der Waals surface area contributed by atoms with Gasteiger partial charge in [0.15, 0.2) is 0 Å². The van der Waals surface area contributed by atoms with Gasteiger partial charge in [0.25, 0.3) is 0 Å². The summed E-state index contributed by atoms with van der Waals surface area (Å²) in [5.74, 6) is 0. The molecule has 0 aromatic heterocycles. The molecule has 4 aromatic rings. The molecule has 0 saturated heterocycles. The molecule has 0 atom stereocenters.